The summed E-state index contributed by atoms with van der Waals surface area (Å²) in [6.07, 6.45) is 0.779. The third-order valence-electron chi connectivity index (χ3n) is 3.25. The summed E-state index contributed by atoms with van der Waals surface area (Å²) in [6.45, 7) is 7.53. The van der Waals surface area contributed by atoms with Crippen molar-refractivity contribution in [3.8, 4) is 0 Å². The summed E-state index contributed by atoms with van der Waals surface area (Å²) in [5.74, 6) is -0.315. The van der Waals surface area contributed by atoms with Crippen molar-refractivity contribution in [1.29, 1.82) is 0 Å². The molecule has 1 aromatic heterocycles. The Morgan fingerprint density at radius 1 is 1.24 bits per heavy atom. The molecular formula is C14H22N4O5S2. The van der Waals surface area contributed by atoms with Gasteiger partial charge in [0.1, 0.15) is 5.60 Å². The highest BCUT2D eigenvalue weighted by molar-refractivity contribution is 7.91. The van der Waals surface area contributed by atoms with Gasteiger partial charge in [0.05, 0.1) is 6.20 Å². The first kappa shape index (κ1) is 19.6. The van der Waals surface area contributed by atoms with E-state index in [1.807, 2.05) is 0 Å². The van der Waals surface area contributed by atoms with Gasteiger partial charge >= 0.3 is 6.09 Å². The van der Waals surface area contributed by atoms with Gasteiger partial charge in [-0.05, 0) is 20.8 Å². The number of nitrogens with zero attached hydrogens (tertiary/aromatic N) is 3. The van der Waals surface area contributed by atoms with Crippen LogP contribution in [0, 0.1) is 0 Å². The monoisotopic (exact) mass is 390 g/mol. The number of anilines is 1. The molecule has 1 N–H and O–H groups in total. The number of piperazine rings is 1. The van der Waals surface area contributed by atoms with Gasteiger partial charge < -0.3 is 15.0 Å². The van der Waals surface area contributed by atoms with Gasteiger partial charge in [0.2, 0.25) is 5.91 Å². The van der Waals surface area contributed by atoms with Crippen molar-refractivity contribution in [2.24, 2.45) is 0 Å². The molecule has 140 valence electrons. The van der Waals surface area contributed by atoms with Crippen LogP contribution in [0.2, 0.25) is 0 Å². The Bertz CT molecular complexity index is 746. The number of ether oxygens (including phenoxy) is 1. The molecule has 0 aromatic carbocycles. The summed E-state index contributed by atoms with van der Waals surface area (Å²) in [7, 11) is -3.70. The van der Waals surface area contributed by atoms with Crippen LogP contribution < -0.4 is 5.32 Å². The Kier molecular flexibility index (Phi) is 5.69. The Morgan fingerprint density at radius 3 is 2.36 bits per heavy atom. The fourth-order valence-electron chi connectivity index (χ4n) is 2.15. The lowest BCUT2D eigenvalue weighted by atomic mass is 10.2. The van der Waals surface area contributed by atoms with Gasteiger partial charge in [-0.25, -0.2) is 18.2 Å². The number of carbonyl (C=O) groups excluding carboxylic acids is 2. The average molecular weight is 390 g/mol. The van der Waals surface area contributed by atoms with E-state index in [1.54, 1.807) is 20.8 Å². The number of thiazole rings is 1. The highest BCUT2D eigenvalue weighted by atomic mass is 32.2. The number of amides is 2. The van der Waals surface area contributed by atoms with Gasteiger partial charge in [-0.15, -0.1) is 0 Å². The minimum atomic E-state index is -3.70. The smallest absolute Gasteiger partial charge is 0.410 e. The number of sulfonamides is 1. The molecule has 0 radical (unpaired) electrons. The van der Waals surface area contributed by atoms with Gasteiger partial charge in [-0.1, -0.05) is 11.3 Å². The maximum Gasteiger partial charge on any atom is 0.410 e. The van der Waals surface area contributed by atoms with E-state index >= 15 is 0 Å². The molecule has 1 aliphatic rings. The number of aromatic nitrogens is 1. The predicted molar refractivity (Wildman–Crippen MR) is 93.0 cm³/mol. The van der Waals surface area contributed by atoms with Crippen molar-refractivity contribution in [3.63, 3.8) is 0 Å². The fourth-order valence-corrected chi connectivity index (χ4v) is 4.81. The van der Waals surface area contributed by atoms with Crippen molar-refractivity contribution in [2.75, 3.05) is 31.5 Å². The zero-order valence-electron chi connectivity index (χ0n) is 14.6. The molecule has 2 heterocycles. The van der Waals surface area contributed by atoms with Crippen LogP contribution in [-0.2, 0) is 19.6 Å². The molecular weight excluding hydrogens is 368 g/mol. The van der Waals surface area contributed by atoms with Gasteiger partial charge in [0, 0.05) is 33.1 Å². The van der Waals surface area contributed by atoms with E-state index in [2.05, 4.69) is 10.3 Å². The van der Waals surface area contributed by atoms with Crippen molar-refractivity contribution in [1.82, 2.24) is 14.2 Å². The lowest BCUT2D eigenvalue weighted by Crippen LogP contribution is -2.51. The first-order valence-electron chi connectivity index (χ1n) is 7.70. The van der Waals surface area contributed by atoms with Gasteiger partial charge in [0.25, 0.3) is 10.0 Å². The number of rotatable bonds is 3. The molecule has 0 atom stereocenters. The van der Waals surface area contributed by atoms with Crippen LogP contribution in [0.3, 0.4) is 0 Å². The van der Waals surface area contributed by atoms with E-state index in [0.29, 0.717) is 0 Å². The van der Waals surface area contributed by atoms with Gasteiger partial charge in [0.15, 0.2) is 9.34 Å². The van der Waals surface area contributed by atoms with Gasteiger partial charge in [-0.2, -0.15) is 4.31 Å². The second-order valence-electron chi connectivity index (χ2n) is 6.54. The largest absolute Gasteiger partial charge is 0.444 e. The van der Waals surface area contributed by atoms with E-state index in [9.17, 15) is 18.0 Å². The second kappa shape index (κ2) is 7.26. The molecule has 11 heteroatoms. The number of hydrogen-bond acceptors (Lipinski definition) is 7. The molecule has 0 bridgehead atoms. The summed E-state index contributed by atoms with van der Waals surface area (Å²) >= 11 is 0.899. The van der Waals surface area contributed by atoms with Crippen molar-refractivity contribution in [2.45, 2.75) is 37.5 Å². The van der Waals surface area contributed by atoms with Crippen molar-refractivity contribution in [3.05, 3.63) is 6.20 Å². The van der Waals surface area contributed by atoms with Crippen LogP contribution in [0.1, 0.15) is 27.7 Å². The third-order valence-corrected chi connectivity index (χ3v) is 6.50. The normalized spacial score (nSPS) is 16.6. The molecule has 2 amide bonds. The van der Waals surface area contributed by atoms with E-state index in [4.69, 9.17) is 4.74 Å². The average Bonchev–Trinajstić information content (AvgIpc) is 2.94. The number of nitrogens with one attached hydrogen (secondary N) is 1. The number of carbonyl (C=O) groups is 2. The molecule has 0 spiro atoms. The second-order valence-corrected chi connectivity index (χ2v) is 9.73. The standard InChI is InChI=1S/C14H22N4O5S2/c1-10(19)16-12-15-9-11(24-12)25(21,22)18-7-5-17(6-8-18)13(20)23-14(2,3)4/h9H,5-8H2,1-4H3,(H,15,16,19). The maximum atomic E-state index is 12.6. The van der Waals surface area contributed by atoms with Crippen LogP contribution in [0.5, 0.6) is 0 Å². The van der Waals surface area contributed by atoms with Crippen molar-refractivity contribution >= 4 is 38.5 Å². The summed E-state index contributed by atoms with van der Waals surface area (Å²) in [5, 5.41) is 2.69. The maximum absolute atomic E-state index is 12.6. The molecule has 2 rings (SSSR count). The molecule has 1 saturated heterocycles. The lowest BCUT2D eigenvalue weighted by Gasteiger charge is -2.34. The van der Waals surface area contributed by atoms with Crippen LogP contribution in [0.4, 0.5) is 9.93 Å². The highest BCUT2D eigenvalue weighted by Crippen LogP contribution is 2.26. The number of hydrogen-bond donors (Lipinski definition) is 1. The van der Waals surface area contributed by atoms with E-state index in [0.717, 1.165) is 11.3 Å². The minimum Gasteiger partial charge on any atom is -0.444 e. The Hall–Kier alpha value is -1.72. The topological polar surface area (TPSA) is 109 Å². The molecule has 25 heavy (non-hydrogen) atoms. The summed E-state index contributed by atoms with van der Waals surface area (Å²) in [5.41, 5.74) is -0.594. The molecule has 1 aliphatic heterocycles. The Labute approximate surface area is 151 Å². The predicted octanol–water partition coefficient (Wildman–Crippen LogP) is 1.34. The van der Waals surface area contributed by atoms with E-state index in [1.165, 1.54) is 22.3 Å². The molecule has 1 aromatic rings. The molecule has 1 fully saturated rings. The SMILES string of the molecule is CC(=O)Nc1ncc(S(=O)(=O)N2CCN(C(=O)OC(C)(C)C)CC2)s1. The summed E-state index contributed by atoms with van der Waals surface area (Å²) in [4.78, 5) is 28.4. The molecule has 0 unspecified atom stereocenters. The highest BCUT2D eigenvalue weighted by Gasteiger charge is 2.33. The lowest BCUT2D eigenvalue weighted by molar-refractivity contribution is -0.114. The first-order valence-corrected chi connectivity index (χ1v) is 9.96. The van der Waals surface area contributed by atoms with Crippen LogP contribution in [0.25, 0.3) is 0 Å². The van der Waals surface area contributed by atoms with Crippen LogP contribution in [0.15, 0.2) is 10.4 Å². The van der Waals surface area contributed by atoms with Crippen LogP contribution >= 0.6 is 11.3 Å². The Morgan fingerprint density at radius 2 is 1.84 bits per heavy atom. The summed E-state index contributed by atoms with van der Waals surface area (Å²) in [6, 6.07) is 0. The van der Waals surface area contributed by atoms with Crippen molar-refractivity contribution < 1.29 is 22.7 Å². The zero-order chi connectivity index (χ0) is 18.8. The summed E-state index contributed by atoms with van der Waals surface area (Å²) < 4.78 is 31.9. The molecule has 9 nitrogen and oxygen atoms in total. The molecule has 0 aliphatic carbocycles. The van der Waals surface area contributed by atoms with E-state index < -0.39 is 21.7 Å². The Balaban J connectivity index is 2.00. The zero-order valence-corrected chi connectivity index (χ0v) is 16.2. The molecule has 0 saturated carbocycles. The fraction of sp³-hybridized carbons (Fsp3) is 0.643. The minimum absolute atomic E-state index is 0.0574. The third kappa shape index (κ3) is 5.13. The van der Waals surface area contributed by atoms with E-state index in [-0.39, 0.29) is 41.4 Å². The first-order chi connectivity index (χ1) is 11.5. The van der Waals surface area contributed by atoms with Gasteiger partial charge in [-0.3, -0.25) is 4.79 Å². The van der Waals surface area contributed by atoms with Crippen LogP contribution in [-0.4, -0.2) is 66.4 Å². The quantitative estimate of drug-likeness (QED) is 0.834.